The third-order valence-electron chi connectivity index (χ3n) is 1.41. The molecule has 1 heterocycles. The minimum atomic E-state index is 0.311. The predicted octanol–water partition coefficient (Wildman–Crippen LogP) is 1.56. The maximum Gasteiger partial charge on any atom is 0.225 e. The number of aromatic amines is 1. The zero-order chi connectivity index (χ0) is 10.4. The van der Waals surface area contributed by atoms with Crippen LogP contribution in [0.15, 0.2) is 12.7 Å². The van der Waals surface area contributed by atoms with Crippen molar-refractivity contribution in [3.05, 3.63) is 17.4 Å². The Morgan fingerprint density at radius 1 is 1.43 bits per heavy atom. The van der Waals surface area contributed by atoms with E-state index in [1.807, 2.05) is 6.92 Å². The molecule has 0 radical (unpaired) electrons. The number of aromatic nitrogens is 3. The summed E-state index contributed by atoms with van der Waals surface area (Å²) in [5.74, 6) is 1.22. The lowest BCUT2D eigenvalue weighted by molar-refractivity contribution is 0.994. The van der Waals surface area contributed by atoms with Crippen molar-refractivity contribution < 1.29 is 0 Å². The van der Waals surface area contributed by atoms with Crippen LogP contribution in [0.4, 0.5) is 11.9 Å². The van der Waals surface area contributed by atoms with Crippen molar-refractivity contribution in [1.82, 2.24) is 15.0 Å². The molecule has 0 aliphatic rings. The number of nitrogens with one attached hydrogen (secondary N) is 3. The van der Waals surface area contributed by atoms with Gasteiger partial charge >= 0.3 is 0 Å². The molecule has 3 N–H and O–H groups in total. The first-order valence-electron chi connectivity index (χ1n) is 4.33. The molecule has 6 heteroatoms. The number of anilines is 2. The van der Waals surface area contributed by atoms with Crippen LogP contribution in [0.5, 0.6) is 0 Å². The van der Waals surface area contributed by atoms with E-state index in [9.17, 15) is 0 Å². The van der Waals surface area contributed by atoms with Crippen LogP contribution < -0.4 is 10.6 Å². The van der Waals surface area contributed by atoms with Gasteiger partial charge in [0.2, 0.25) is 16.7 Å². The van der Waals surface area contributed by atoms with Crippen molar-refractivity contribution >= 4 is 24.1 Å². The van der Waals surface area contributed by atoms with Gasteiger partial charge < -0.3 is 10.6 Å². The summed E-state index contributed by atoms with van der Waals surface area (Å²) >= 11 is 4.90. The molecule has 0 aromatic carbocycles. The number of hydrogen-bond donors (Lipinski definition) is 3. The molecule has 0 saturated heterocycles. The van der Waals surface area contributed by atoms with Gasteiger partial charge in [-0.25, -0.2) is 0 Å². The largest absolute Gasteiger partial charge is 0.356 e. The molecule has 0 saturated carbocycles. The second-order valence-electron chi connectivity index (χ2n) is 2.53. The summed E-state index contributed by atoms with van der Waals surface area (Å²) in [5.41, 5.74) is 0. The van der Waals surface area contributed by atoms with E-state index < -0.39 is 0 Å². The Kier molecular flexibility index (Phi) is 4.06. The number of nitrogens with zero attached hydrogens (tertiary/aromatic N) is 2. The summed E-state index contributed by atoms with van der Waals surface area (Å²) in [4.78, 5) is 11.0. The molecule has 1 rings (SSSR count). The van der Waals surface area contributed by atoms with Crippen molar-refractivity contribution in [1.29, 1.82) is 0 Å². The van der Waals surface area contributed by atoms with Gasteiger partial charge in [0, 0.05) is 13.1 Å². The molecule has 76 valence electrons. The van der Waals surface area contributed by atoms with Crippen molar-refractivity contribution in [2.24, 2.45) is 0 Å². The number of H-pyrrole nitrogens is 1. The van der Waals surface area contributed by atoms with E-state index in [1.165, 1.54) is 0 Å². The Hall–Kier alpha value is -1.43. The van der Waals surface area contributed by atoms with Crippen LogP contribution in [0.3, 0.4) is 0 Å². The highest BCUT2D eigenvalue weighted by atomic mass is 32.1. The molecule has 0 aliphatic carbocycles. The molecular formula is C8H13N5S. The van der Waals surface area contributed by atoms with E-state index in [0.717, 1.165) is 6.54 Å². The summed E-state index contributed by atoms with van der Waals surface area (Å²) < 4.78 is 0.311. The normalized spacial score (nSPS) is 9.50. The van der Waals surface area contributed by atoms with Crippen molar-refractivity contribution in [3.8, 4) is 0 Å². The van der Waals surface area contributed by atoms with Crippen LogP contribution >= 0.6 is 12.2 Å². The van der Waals surface area contributed by atoms with Crippen LogP contribution in [-0.2, 0) is 0 Å². The first-order chi connectivity index (χ1) is 6.76. The Morgan fingerprint density at radius 3 is 2.64 bits per heavy atom. The Bertz CT molecular complexity index is 359. The van der Waals surface area contributed by atoms with Crippen LogP contribution in [0.1, 0.15) is 6.92 Å². The molecule has 1 aromatic rings. The lowest BCUT2D eigenvalue weighted by Crippen LogP contribution is -2.08. The van der Waals surface area contributed by atoms with Gasteiger partial charge in [-0.2, -0.15) is 9.97 Å². The van der Waals surface area contributed by atoms with Gasteiger partial charge in [-0.3, -0.25) is 4.98 Å². The van der Waals surface area contributed by atoms with Gasteiger partial charge in [0.25, 0.3) is 0 Å². The fourth-order valence-corrected chi connectivity index (χ4v) is 1.07. The van der Waals surface area contributed by atoms with Gasteiger partial charge in [-0.15, -0.1) is 6.58 Å². The highest BCUT2D eigenvalue weighted by molar-refractivity contribution is 7.71. The van der Waals surface area contributed by atoms with E-state index in [4.69, 9.17) is 12.2 Å². The third-order valence-corrected chi connectivity index (χ3v) is 1.59. The second kappa shape index (κ2) is 5.33. The fraction of sp³-hybridized carbons (Fsp3) is 0.375. The van der Waals surface area contributed by atoms with Gasteiger partial charge in [0.05, 0.1) is 0 Å². The molecule has 0 bridgehead atoms. The summed E-state index contributed by atoms with van der Waals surface area (Å²) in [6, 6.07) is 0. The van der Waals surface area contributed by atoms with E-state index >= 15 is 0 Å². The molecule has 0 atom stereocenters. The van der Waals surface area contributed by atoms with E-state index in [-0.39, 0.29) is 0 Å². The van der Waals surface area contributed by atoms with Crippen molar-refractivity contribution in [3.63, 3.8) is 0 Å². The second-order valence-corrected chi connectivity index (χ2v) is 2.89. The maximum atomic E-state index is 4.90. The summed E-state index contributed by atoms with van der Waals surface area (Å²) in [6.07, 6.45) is 1.74. The first-order valence-corrected chi connectivity index (χ1v) is 4.74. The maximum absolute atomic E-state index is 4.90. The Morgan fingerprint density at radius 2 is 2.07 bits per heavy atom. The van der Waals surface area contributed by atoms with Crippen molar-refractivity contribution in [2.75, 3.05) is 23.7 Å². The predicted molar refractivity (Wildman–Crippen MR) is 60.1 cm³/mol. The van der Waals surface area contributed by atoms with Crippen LogP contribution in [-0.4, -0.2) is 28.0 Å². The van der Waals surface area contributed by atoms with E-state index in [2.05, 4.69) is 32.2 Å². The zero-order valence-electron chi connectivity index (χ0n) is 8.00. The van der Waals surface area contributed by atoms with E-state index in [1.54, 1.807) is 6.08 Å². The SMILES string of the molecule is C=CCNc1nc(=S)nc(NCC)[nH]1. The fourth-order valence-electron chi connectivity index (χ4n) is 0.888. The van der Waals surface area contributed by atoms with E-state index in [0.29, 0.717) is 23.2 Å². The molecule has 0 spiro atoms. The summed E-state index contributed by atoms with van der Waals surface area (Å²) in [6.45, 7) is 6.99. The summed E-state index contributed by atoms with van der Waals surface area (Å²) in [7, 11) is 0. The Labute approximate surface area is 87.7 Å². The highest BCUT2D eigenvalue weighted by Gasteiger charge is 1.97. The molecule has 0 aliphatic heterocycles. The van der Waals surface area contributed by atoms with Crippen LogP contribution in [0.25, 0.3) is 0 Å². The molecule has 0 unspecified atom stereocenters. The average Bonchev–Trinajstić information content (AvgIpc) is 2.14. The lowest BCUT2D eigenvalue weighted by Gasteiger charge is -2.05. The average molecular weight is 211 g/mol. The molecule has 5 nitrogen and oxygen atoms in total. The molecule has 1 aromatic heterocycles. The minimum absolute atomic E-state index is 0.311. The third kappa shape index (κ3) is 3.14. The van der Waals surface area contributed by atoms with Crippen molar-refractivity contribution in [2.45, 2.75) is 6.92 Å². The van der Waals surface area contributed by atoms with Gasteiger partial charge in [-0.1, -0.05) is 6.08 Å². The monoisotopic (exact) mass is 211 g/mol. The lowest BCUT2D eigenvalue weighted by atomic mass is 10.6. The summed E-state index contributed by atoms with van der Waals surface area (Å²) in [5, 5.41) is 6.03. The Balaban J connectivity index is 2.83. The van der Waals surface area contributed by atoms with Gasteiger partial charge in [0.1, 0.15) is 0 Å². The molecule has 14 heavy (non-hydrogen) atoms. The molecular weight excluding hydrogens is 198 g/mol. The van der Waals surface area contributed by atoms with Gasteiger partial charge in [0.15, 0.2) is 0 Å². The number of hydrogen-bond acceptors (Lipinski definition) is 5. The molecule has 0 amide bonds. The molecule has 0 fully saturated rings. The quantitative estimate of drug-likeness (QED) is 0.509. The van der Waals surface area contributed by atoms with Gasteiger partial charge in [-0.05, 0) is 19.1 Å². The standard InChI is InChI=1S/C8H13N5S/c1-3-5-10-7-11-6(9-4-2)12-8(14)13-7/h3H,1,4-5H2,2H3,(H3,9,10,11,12,13,14). The smallest absolute Gasteiger partial charge is 0.225 e. The minimum Gasteiger partial charge on any atom is -0.356 e. The topological polar surface area (TPSA) is 65.6 Å². The highest BCUT2D eigenvalue weighted by Crippen LogP contribution is 2.02. The first kappa shape index (κ1) is 10.6. The van der Waals surface area contributed by atoms with Crippen LogP contribution in [0.2, 0.25) is 0 Å². The zero-order valence-corrected chi connectivity index (χ0v) is 8.82. The number of rotatable bonds is 5. The van der Waals surface area contributed by atoms with Crippen LogP contribution in [0, 0.1) is 4.77 Å².